The summed E-state index contributed by atoms with van der Waals surface area (Å²) in [6.45, 7) is 10.00. The molecule has 2 aromatic carbocycles. The molecule has 0 bridgehead atoms. The molecule has 0 radical (unpaired) electrons. The molecule has 8 nitrogen and oxygen atoms in total. The third-order valence-electron chi connectivity index (χ3n) is 5.46. The van der Waals surface area contributed by atoms with Crippen molar-refractivity contribution < 1.29 is 4.74 Å². The molecule has 8 heteroatoms. The van der Waals surface area contributed by atoms with Gasteiger partial charge in [0.2, 0.25) is 0 Å². The first kappa shape index (κ1) is 20.3. The monoisotopic (exact) mass is 414 g/mol. The summed E-state index contributed by atoms with van der Waals surface area (Å²) < 4.78 is 7.24. The fourth-order valence-corrected chi connectivity index (χ4v) is 3.88. The number of aryl methyl sites for hydroxylation is 2. The van der Waals surface area contributed by atoms with Crippen LogP contribution in [0.15, 0.2) is 41.3 Å². The van der Waals surface area contributed by atoms with E-state index in [0.717, 1.165) is 27.9 Å². The number of nitrogens with one attached hydrogen (secondary N) is 1. The molecule has 0 saturated carbocycles. The molecule has 3 N–H and O–H groups in total. The largest absolute Gasteiger partial charge is 0.497 e. The summed E-state index contributed by atoms with van der Waals surface area (Å²) in [5, 5.41) is 12.3. The van der Waals surface area contributed by atoms with Gasteiger partial charge in [0.1, 0.15) is 5.75 Å². The number of aromatic nitrogens is 4. The van der Waals surface area contributed by atoms with Gasteiger partial charge in [-0.2, -0.15) is 10.2 Å². The Morgan fingerprint density at radius 1 is 1.23 bits per heavy atom. The summed E-state index contributed by atoms with van der Waals surface area (Å²) in [5.41, 5.74) is 10.9. The van der Waals surface area contributed by atoms with Gasteiger partial charge < -0.3 is 10.5 Å². The van der Waals surface area contributed by atoms with Gasteiger partial charge >= 0.3 is 0 Å². The van der Waals surface area contributed by atoms with Crippen LogP contribution in [0.5, 0.6) is 5.75 Å². The lowest BCUT2D eigenvalue weighted by atomic mass is 9.95. The molecular formula is C23H22N6O2. The minimum Gasteiger partial charge on any atom is -0.497 e. The van der Waals surface area contributed by atoms with E-state index >= 15 is 0 Å². The van der Waals surface area contributed by atoms with Gasteiger partial charge in [-0.25, -0.2) is 9.94 Å². The smallest absolute Gasteiger partial charge is 0.272 e. The fraction of sp³-hybridized carbons (Fsp3) is 0.217. The van der Waals surface area contributed by atoms with Gasteiger partial charge in [0.15, 0.2) is 5.69 Å². The predicted molar refractivity (Wildman–Crippen MR) is 120 cm³/mol. The second-order valence-corrected chi connectivity index (χ2v) is 7.14. The van der Waals surface area contributed by atoms with Crippen molar-refractivity contribution in [3.05, 3.63) is 69.6 Å². The van der Waals surface area contributed by atoms with E-state index in [-0.39, 0.29) is 12.1 Å². The van der Waals surface area contributed by atoms with E-state index in [1.165, 1.54) is 0 Å². The minimum absolute atomic E-state index is 0.203. The molecule has 4 rings (SSSR count). The number of aromatic amines is 1. The zero-order valence-corrected chi connectivity index (χ0v) is 17.6. The third-order valence-corrected chi connectivity index (χ3v) is 5.46. The average molecular weight is 414 g/mol. The predicted octanol–water partition coefficient (Wildman–Crippen LogP) is 3.57. The quantitative estimate of drug-likeness (QED) is 0.486. The molecule has 4 aromatic rings. The molecule has 0 saturated heterocycles. The van der Waals surface area contributed by atoms with Gasteiger partial charge in [0.05, 0.1) is 36.7 Å². The van der Waals surface area contributed by atoms with Crippen LogP contribution in [0.3, 0.4) is 0 Å². The van der Waals surface area contributed by atoms with Crippen molar-refractivity contribution in [3.63, 3.8) is 0 Å². The zero-order chi connectivity index (χ0) is 22.1. The first-order valence-electron chi connectivity index (χ1n) is 9.84. The van der Waals surface area contributed by atoms with Crippen molar-refractivity contribution >= 4 is 16.5 Å². The van der Waals surface area contributed by atoms with Gasteiger partial charge in [-0.1, -0.05) is 13.0 Å². The molecule has 0 aliphatic rings. The fourth-order valence-electron chi connectivity index (χ4n) is 3.88. The third kappa shape index (κ3) is 3.35. The van der Waals surface area contributed by atoms with Crippen molar-refractivity contribution in [1.82, 2.24) is 20.0 Å². The first-order valence-corrected chi connectivity index (χ1v) is 9.84. The molecule has 0 aliphatic carbocycles. The summed E-state index contributed by atoms with van der Waals surface area (Å²) in [6.07, 6.45) is 2.47. The van der Waals surface area contributed by atoms with Crippen LogP contribution in [0, 0.1) is 6.57 Å². The Balaban J connectivity index is 2.01. The van der Waals surface area contributed by atoms with E-state index in [1.807, 2.05) is 38.2 Å². The lowest BCUT2D eigenvalue weighted by molar-refractivity contribution is 0.414. The van der Waals surface area contributed by atoms with Crippen molar-refractivity contribution in [2.45, 2.75) is 19.9 Å². The number of hydrogen-bond acceptors (Lipinski definition) is 5. The Kier molecular flexibility index (Phi) is 5.28. The molecule has 0 spiro atoms. The topological polar surface area (TPSA) is 103 Å². The van der Waals surface area contributed by atoms with E-state index in [0.29, 0.717) is 34.3 Å². The molecule has 2 aromatic heterocycles. The highest BCUT2D eigenvalue weighted by molar-refractivity contribution is 5.93. The Bertz CT molecular complexity index is 1390. The van der Waals surface area contributed by atoms with Crippen LogP contribution in [0.1, 0.15) is 18.2 Å². The number of rotatable bonds is 5. The Hall–Kier alpha value is -3.96. The summed E-state index contributed by atoms with van der Waals surface area (Å²) in [6, 6.07) is 9.30. The second-order valence-electron chi connectivity index (χ2n) is 7.14. The van der Waals surface area contributed by atoms with Crippen LogP contribution in [0.4, 0.5) is 5.69 Å². The van der Waals surface area contributed by atoms with E-state index in [9.17, 15) is 4.79 Å². The standard InChI is InChI=1S/C23H22N6O2/c1-5-13-8-15(31-4)10-18(21(13)25-2)22-19(12-26-29(22)3)14-6-7-16-17(9-14)20(11-24)27-28-23(16)30/h6-10,12H,5,11,24H2,1,3-4H3,(H,28,30). The molecule has 156 valence electrons. The molecule has 0 amide bonds. The normalized spacial score (nSPS) is 10.9. The van der Waals surface area contributed by atoms with Gasteiger partial charge in [0.25, 0.3) is 5.56 Å². The average Bonchev–Trinajstić information content (AvgIpc) is 3.19. The molecule has 2 heterocycles. The van der Waals surface area contributed by atoms with Gasteiger partial charge in [-0.15, -0.1) is 0 Å². The number of H-pyrrole nitrogens is 1. The first-order chi connectivity index (χ1) is 15.0. The summed E-state index contributed by atoms with van der Waals surface area (Å²) >= 11 is 0. The van der Waals surface area contributed by atoms with E-state index in [4.69, 9.17) is 17.0 Å². The van der Waals surface area contributed by atoms with Crippen molar-refractivity contribution in [2.24, 2.45) is 12.8 Å². The van der Waals surface area contributed by atoms with Gasteiger partial charge in [-0.3, -0.25) is 9.48 Å². The van der Waals surface area contributed by atoms with Crippen LogP contribution in [-0.2, 0) is 20.0 Å². The van der Waals surface area contributed by atoms with Gasteiger partial charge in [-0.05, 0) is 41.8 Å². The van der Waals surface area contributed by atoms with E-state index in [2.05, 4.69) is 20.1 Å². The van der Waals surface area contributed by atoms with Crippen LogP contribution in [0.2, 0.25) is 0 Å². The molecule has 31 heavy (non-hydrogen) atoms. The Morgan fingerprint density at radius 2 is 2.03 bits per heavy atom. The van der Waals surface area contributed by atoms with Crippen LogP contribution < -0.4 is 16.0 Å². The minimum atomic E-state index is -0.263. The Labute approximate surface area is 179 Å². The maximum atomic E-state index is 12.2. The summed E-state index contributed by atoms with van der Waals surface area (Å²) in [7, 11) is 3.46. The van der Waals surface area contributed by atoms with Crippen LogP contribution in [-0.4, -0.2) is 27.1 Å². The highest BCUT2D eigenvalue weighted by Gasteiger charge is 2.20. The van der Waals surface area contributed by atoms with Crippen molar-refractivity contribution in [3.8, 4) is 28.1 Å². The second kappa shape index (κ2) is 8.05. The zero-order valence-electron chi connectivity index (χ0n) is 17.6. The number of nitrogens with two attached hydrogens (primary N) is 1. The lowest BCUT2D eigenvalue weighted by Crippen LogP contribution is -2.13. The lowest BCUT2D eigenvalue weighted by Gasteiger charge is -2.14. The number of fused-ring (bicyclic) bond motifs is 1. The Morgan fingerprint density at radius 3 is 2.71 bits per heavy atom. The molecule has 0 unspecified atom stereocenters. The van der Waals surface area contributed by atoms with E-state index in [1.54, 1.807) is 24.1 Å². The summed E-state index contributed by atoms with van der Waals surface area (Å²) in [4.78, 5) is 16.0. The van der Waals surface area contributed by atoms with E-state index < -0.39 is 0 Å². The summed E-state index contributed by atoms with van der Waals surface area (Å²) in [5.74, 6) is 0.686. The number of ether oxygens (including phenoxy) is 1. The van der Waals surface area contributed by atoms with Gasteiger partial charge in [0, 0.05) is 30.1 Å². The van der Waals surface area contributed by atoms with Crippen LogP contribution in [0.25, 0.3) is 38.0 Å². The highest BCUT2D eigenvalue weighted by atomic mass is 16.5. The number of methoxy groups -OCH3 is 1. The maximum absolute atomic E-state index is 12.2. The van der Waals surface area contributed by atoms with Crippen LogP contribution >= 0.6 is 0 Å². The highest BCUT2D eigenvalue weighted by Crippen LogP contribution is 2.42. The molecule has 0 atom stereocenters. The van der Waals surface area contributed by atoms with Crippen molar-refractivity contribution in [2.75, 3.05) is 7.11 Å². The number of benzene rings is 2. The number of hydrogen-bond donors (Lipinski definition) is 2. The number of nitrogens with zero attached hydrogens (tertiary/aromatic N) is 4. The maximum Gasteiger partial charge on any atom is 0.272 e. The SMILES string of the molecule is [C-]#[N+]c1c(CC)cc(OC)cc1-c1c(-c2ccc3c(=O)[nH]nc(CN)c3c2)cnn1C. The molecule has 0 aliphatic heterocycles. The van der Waals surface area contributed by atoms with Crippen molar-refractivity contribution in [1.29, 1.82) is 0 Å². The molecular weight excluding hydrogens is 392 g/mol. The molecule has 0 fully saturated rings.